The number of hydrogen-bond donors (Lipinski definition) is 1. The zero-order chi connectivity index (χ0) is 25.5. The standard InChI is InChI=1S/C28H33N3O4S/c1-22-8-13-26(20-23(22)2)35-19-14-29-28(32)25-11-9-24(10-12-25)21-30-15-17-31(18-16-30)36(33,34)27-6-4-3-5-7-27/h3-13,20H,14-19,21H2,1-2H3,(H,29,32). The lowest BCUT2D eigenvalue weighted by molar-refractivity contribution is 0.0947. The van der Waals surface area contributed by atoms with Gasteiger partial charge in [-0.2, -0.15) is 4.31 Å². The maximum absolute atomic E-state index is 12.8. The van der Waals surface area contributed by atoms with Gasteiger partial charge >= 0.3 is 0 Å². The molecule has 1 fully saturated rings. The number of sulfonamides is 1. The first-order chi connectivity index (χ1) is 17.3. The van der Waals surface area contributed by atoms with Gasteiger partial charge in [0.2, 0.25) is 10.0 Å². The molecule has 1 amide bonds. The third-order valence-electron chi connectivity index (χ3n) is 6.47. The number of hydrogen-bond acceptors (Lipinski definition) is 5. The molecule has 0 atom stereocenters. The number of carbonyl (C=O) groups is 1. The van der Waals surface area contributed by atoms with E-state index in [9.17, 15) is 13.2 Å². The van der Waals surface area contributed by atoms with Crippen LogP contribution in [0, 0.1) is 13.8 Å². The van der Waals surface area contributed by atoms with Crippen molar-refractivity contribution in [2.24, 2.45) is 0 Å². The van der Waals surface area contributed by atoms with E-state index in [-0.39, 0.29) is 5.91 Å². The Kier molecular flexibility index (Phi) is 8.40. The van der Waals surface area contributed by atoms with Crippen molar-refractivity contribution in [2.75, 3.05) is 39.3 Å². The van der Waals surface area contributed by atoms with E-state index in [0.29, 0.717) is 56.3 Å². The predicted molar refractivity (Wildman–Crippen MR) is 141 cm³/mol. The molecule has 0 spiro atoms. The number of ether oxygens (including phenoxy) is 1. The molecule has 1 aliphatic rings. The van der Waals surface area contributed by atoms with Gasteiger partial charge in [-0.3, -0.25) is 9.69 Å². The summed E-state index contributed by atoms with van der Waals surface area (Å²) in [5.41, 5.74) is 4.08. The highest BCUT2D eigenvalue weighted by Crippen LogP contribution is 2.19. The minimum Gasteiger partial charge on any atom is -0.492 e. The molecule has 0 radical (unpaired) electrons. The molecule has 0 bridgehead atoms. The molecule has 8 heteroatoms. The second-order valence-corrected chi connectivity index (χ2v) is 11.0. The highest BCUT2D eigenvalue weighted by Gasteiger charge is 2.28. The van der Waals surface area contributed by atoms with Crippen LogP contribution in [0.25, 0.3) is 0 Å². The Morgan fingerprint density at radius 2 is 1.58 bits per heavy atom. The molecule has 1 N–H and O–H groups in total. The summed E-state index contributed by atoms with van der Waals surface area (Å²) in [6.45, 7) is 7.88. The number of piperazine rings is 1. The average Bonchev–Trinajstić information content (AvgIpc) is 2.90. The predicted octanol–water partition coefficient (Wildman–Crippen LogP) is 3.62. The van der Waals surface area contributed by atoms with Crippen LogP contribution in [0.3, 0.4) is 0 Å². The van der Waals surface area contributed by atoms with E-state index in [1.165, 1.54) is 11.1 Å². The normalized spacial score (nSPS) is 14.9. The van der Waals surface area contributed by atoms with Crippen molar-refractivity contribution in [3.05, 3.63) is 95.1 Å². The number of benzene rings is 3. The lowest BCUT2D eigenvalue weighted by atomic mass is 10.1. The van der Waals surface area contributed by atoms with Crippen molar-refractivity contribution in [3.8, 4) is 5.75 Å². The highest BCUT2D eigenvalue weighted by atomic mass is 32.2. The fraction of sp³-hybridized carbons (Fsp3) is 0.321. The Hall–Kier alpha value is -3.20. The van der Waals surface area contributed by atoms with Gasteiger partial charge in [-0.15, -0.1) is 0 Å². The fourth-order valence-electron chi connectivity index (χ4n) is 4.13. The first-order valence-electron chi connectivity index (χ1n) is 12.2. The van der Waals surface area contributed by atoms with Gasteiger partial charge in [-0.05, 0) is 66.9 Å². The first kappa shape index (κ1) is 25.9. The van der Waals surface area contributed by atoms with Gasteiger partial charge in [0.25, 0.3) is 5.91 Å². The van der Waals surface area contributed by atoms with E-state index >= 15 is 0 Å². The van der Waals surface area contributed by atoms with Crippen molar-refractivity contribution in [2.45, 2.75) is 25.3 Å². The Bertz CT molecular complexity index is 1270. The molecule has 4 rings (SSSR count). The first-order valence-corrected chi connectivity index (χ1v) is 13.6. The summed E-state index contributed by atoms with van der Waals surface area (Å²) >= 11 is 0. The Labute approximate surface area is 213 Å². The van der Waals surface area contributed by atoms with Crippen LogP contribution in [0.4, 0.5) is 0 Å². The summed E-state index contributed by atoms with van der Waals surface area (Å²) < 4.78 is 32.9. The maximum Gasteiger partial charge on any atom is 0.251 e. The largest absolute Gasteiger partial charge is 0.492 e. The van der Waals surface area contributed by atoms with Crippen LogP contribution < -0.4 is 10.1 Å². The highest BCUT2D eigenvalue weighted by molar-refractivity contribution is 7.89. The van der Waals surface area contributed by atoms with Crippen molar-refractivity contribution in [3.63, 3.8) is 0 Å². The Morgan fingerprint density at radius 3 is 2.25 bits per heavy atom. The summed E-state index contributed by atoms with van der Waals surface area (Å²) in [6, 6.07) is 22.1. The third-order valence-corrected chi connectivity index (χ3v) is 8.38. The zero-order valence-electron chi connectivity index (χ0n) is 20.8. The molecule has 1 aliphatic heterocycles. The molecule has 7 nitrogen and oxygen atoms in total. The molecule has 3 aromatic carbocycles. The molecular weight excluding hydrogens is 474 g/mol. The van der Waals surface area contributed by atoms with E-state index in [1.54, 1.807) is 28.6 Å². The molecule has 1 saturated heterocycles. The monoisotopic (exact) mass is 507 g/mol. The summed E-state index contributed by atoms with van der Waals surface area (Å²) in [5, 5.41) is 2.89. The minimum absolute atomic E-state index is 0.134. The van der Waals surface area contributed by atoms with Crippen LogP contribution >= 0.6 is 0 Å². The topological polar surface area (TPSA) is 79.0 Å². The molecule has 1 heterocycles. The number of aryl methyl sites for hydroxylation is 2. The van der Waals surface area contributed by atoms with E-state index in [0.717, 1.165) is 11.3 Å². The SMILES string of the molecule is Cc1ccc(OCCNC(=O)c2ccc(CN3CCN(S(=O)(=O)c4ccccc4)CC3)cc2)cc1C. The molecule has 3 aromatic rings. The summed E-state index contributed by atoms with van der Waals surface area (Å²) in [6.07, 6.45) is 0. The number of nitrogens with zero attached hydrogens (tertiary/aromatic N) is 2. The van der Waals surface area contributed by atoms with Crippen LogP contribution in [-0.2, 0) is 16.6 Å². The second-order valence-electron chi connectivity index (χ2n) is 9.04. The number of amides is 1. The van der Waals surface area contributed by atoms with Crippen LogP contribution in [0.15, 0.2) is 77.7 Å². The third kappa shape index (κ3) is 6.51. The van der Waals surface area contributed by atoms with E-state index in [4.69, 9.17) is 4.74 Å². The molecule has 0 saturated carbocycles. The molecule has 0 unspecified atom stereocenters. The summed E-state index contributed by atoms with van der Waals surface area (Å²) in [4.78, 5) is 15.0. The molecule has 36 heavy (non-hydrogen) atoms. The molecular formula is C28H33N3O4S. The van der Waals surface area contributed by atoms with Crippen molar-refractivity contribution >= 4 is 15.9 Å². The smallest absolute Gasteiger partial charge is 0.251 e. The van der Waals surface area contributed by atoms with E-state index in [2.05, 4.69) is 17.1 Å². The lowest BCUT2D eigenvalue weighted by Crippen LogP contribution is -2.48. The van der Waals surface area contributed by atoms with Gasteiger partial charge in [0, 0.05) is 38.3 Å². The van der Waals surface area contributed by atoms with Gasteiger partial charge in [-0.25, -0.2) is 8.42 Å². The van der Waals surface area contributed by atoms with Gasteiger partial charge in [0.15, 0.2) is 0 Å². The van der Waals surface area contributed by atoms with Crippen LogP contribution in [0.2, 0.25) is 0 Å². The minimum atomic E-state index is -3.45. The maximum atomic E-state index is 12.8. The number of carbonyl (C=O) groups excluding carboxylic acids is 1. The van der Waals surface area contributed by atoms with Crippen molar-refractivity contribution in [1.29, 1.82) is 0 Å². The summed E-state index contributed by atoms with van der Waals surface area (Å²) in [5.74, 6) is 0.667. The van der Waals surface area contributed by atoms with Gasteiger partial charge < -0.3 is 10.1 Å². The quantitative estimate of drug-likeness (QED) is 0.448. The fourth-order valence-corrected chi connectivity index (χ4v) is 5.57. The van der Waals surface area contributed by atoms with Gasteiger partial charge in [-0.1, -0.05) is 36.4 Å². The Morgan fingerprint density at radius 1 is 0.889 bits per heavy atom. The number of rotatable bonds is 9. The molecule has 0 aromatic heterocycles. The number of nitrogens with one attached hydrogen (secondary N) is 1. The van der Waals surface area contributed by atoms with Crippen LogP contribution in [0.1, 0.15) is 27.0 Å². The van der Waals surface area contributed by atoms with E-state index < -0.39 is 10.0 Å². The van der Waals surface area contributed by atoms with Crippen LogP contribution in [-0.4, -0.2) is 62.9 Å². The zero-order valence-corrected chi connectivity index (χ0v) is 21.6. The van der Waals surface area contributed by atoms with Crippen molar-refractivity contribution < 1.29 is 17.9 Å². The van der Waals surface area contributed by atoms with Gasteiger partial charge in [0.05, 0.1) is 11.4 Å². The molecule has 190 valence electrons. The average molecular weight is 508 g/mol. The van der Waals surface area contributed by atoms with Crippen LogP contribution in [0.5, 0.6) is 5.75 Å². The van der Waals surface area contributed by atoms with E-state index in [1.807, 2.05) is 55.5 Å². The lowest BCUT2D eigenvalue weighted by Gasteiger charge is -2.34. The summed E-state index contributed by atoms with van der Waals surface area (Å²) in [7, 11) is -3.45. The molecule has 0 aliphatic carbocycles. The second kappa shape index (κ2) is 11.7. The van der Waals surface area contributed by atoms with Gasteiger partial charge in [0.1, 0.15) is 12.4 Å². The Balaban J connectivity index is 1.21. The van der Waals surface area contributed by atoms with Crippen molar-refractivity contribution in [1.82, 2.24) is 14.5 Å².